The topological polar surface area (TPSA) is 15.3 Å². The van der Waals surface area contributed by atoms with Crippen molar-refractivity contribution in [2.45, 2.75) is 31.6 Å². The van der Waals surface area contributed by atoms with Crippen molar-refractivity contribution in [2.24, 2.45) is 5.92 Å². The molecule has 0 bridgehead atoms. The number of nitrogens with one attached hydrogen (secondary N) is 1. The van der Waals surface area contributed by atoms with Crippen molar-refractivity contribution < 1.29 is 8.78 Å². The number of hydrogen-bond acceptors (Lipinski definition) is 2. The lowest BCUT2D eigenvalue weighted by Crippen LogP contribution is -2.32. The number of alkyl halides is 2. The molecule has 0 aliphatic carbocycles. The highest BCUT2D eigenvalue weighted by atomic mass is 19.3. The van der Waals surface area contributed by atoms with Crippen molar-refractivity contribution in [3.8, 4) is 0 Å². The normalized spacial score (nSPS) is 32.8. The Labute approximate surface area is 90.0 Å². The van der Waals surface area contributed by atoms with Crippen molar-refractivity contribution >= 4 is 0 Å². The quantitative estimate of drug-likeness (QED) is 0.759. The van der Waals surface area contributed by atoms with E-state index in [9.17, 15) is 8.78 Å². The highest BCUT2D eigenvalue weighted by Crippen LogP contribution is 2.28. The lowest BCUT2D eigenvalue weighted by Gasteiger charge is -2.23. The molecular formula is C11H20F2N2. The van der Waals surface area contributed by atoms with Crippen LogP contribution in [0, 0.1) is 5.92 Å². The van der Waals surface area contributed by atoms with Gasteiger partial charge in [0.2, 0.25) is 5.92 Å². The Kier molecular flexibility index (Phi) is 3.57. The fourth-order valence-electron chi connectivity index (χ4n) is 2.54. The minimum Gasteiger partial charge on any atom is -0.316 e. The fourth-order valence-corrected chi connectivity index (χ4v) is 2.54. The zero-order chi connectivity index (χ0) is 10.7. The average Bonchev–Trinajstić information content (AvgIpc) is 2.60. The molecule has 1 unspecified atom stereocenters. The van der Waals surface area contributed by atoms with Gasteiger partial charge in [-0.1, -0.05) is 0 Å². The van der Waals surface area contributed by atoms with Crippen LogP contribution in [0.3, 0.4) is 0 Å². The Balaban J connectivity index is 1.78. The Morgan fingerprint density at radius 3 is 2.87 bits per heavy atom. The standard InChI is InChI=1S/C11H20F2N2/c12-11(13)3-1-6-15(7-4-11)9-10-2-5-14-8-10/h10,14H,1-9H2. The zero-order valence-corrected chi connectivity index (χ0v) is 9.14. The fraction of sp³-hybridized carbons (Fsp3) is 1.00. The summed E-state index contributed by atoms with van der Waals surface area (Å²) in [6, 6.07) is 0. The van der Waals surface area contributed by atoms with Crippen molar-refractivity contribution in [1.29, 1.82) is 0 Å². The minimum atomic E-state index is -2.41. The molecule has 15 heavy (non-hydrogen) atoms. The van der Waals surface area contributed by atoms with Gasteiger partial charge in [0.25, 0.3) is 0 Å². The predicted molar refractivity (Wildman–Crippen MR) is 56.2 cm³/mol. The van der Waals surface area contributed by atoms with Gasteiger partial charge in [-0.05, 0) is 38.4 Å². The van der Waals surface area contributed by atoms with Crippen molar-refractivity contribution in [3.05, 3.63) is 0 Å². The highest BCUT2D eigenvalue weighted by Gasteiger charge is 2.32. The molecule has 2 saturated heterocycles. The first-order valence-corrected chi connectivity index (χ1v) is 5.97. The zero-order valence-electron chi connectivity index (χ0n) is 9.14. The maximum absolute atomic E-state index is 13.1. The first-order chi connectivity index (χ1) is 7.16. The van der Waals surface area contributed by atoms with Crippen LogP contribution < -0.4 is 5.32 Å². The van der Waals surface area contributed by atoms with Gasteiger partial charge < -0.3 is 10.2 Å². The second kappa shape index (κ2) is 4.74. The summed E-state index contributed by atoms with van der Waals surface area (Å²) in [5, 5.41) is 3.32. The smallest absolute Gasteiger partial charge is 0.249 e. The summed E-state index contributed by atoms with van der Waals surface area (Å²) in [5.74, 6) is -1.74. The van der Waals surface area contributed by atoms with Gasteiger partial charge in [0, 0.05) is 25.9 Å². The van der Waals surface area contributed by atoms with Crippen LogP contribution in [0.4, 0.5) is 8.78 Å². The number of likely N-dealkylation sites (tertiary alicyclic amines) is 1. The summed E-state index contributed by atoms with van der Waals surface area (Å²) in [6.45, 7) is 4.58. The lowest BCUT2D eigenvalue weighted by atomic mass is 10.1. The number of nitrogens with zero attached hydrogens (tertiary/aromatic N) is 1. The van der Waals surface area contributed by atoms with Crippen molar-refractivity contribution in [2.75, 3.05) is 32.7 Å². The van der Waals surface area contributed by atoms with Gasteiger partial charge in [0.15, 0.2) is 0 Å². The lowest BCUT2D eigenvalue weighted by molar-refractivity contribution is -0.0133. The van der Waals surface area contributed by atoms with Crippen molar-refractivity contribution in [3.63, 3.8) is 0 Å². The van der Waals surface area contributed by atoms with Crippen molar-refractivity contribution in [1.82, 2.24) is 10.2 Å². The summed E-state index contributed by atoms with van der Waals surface area (Å²) in [4.78, 5) is 2.22. The Bertz CT molecular complexity index is 203. The molecule has 0 radical (unpaired) electrons. The van der Waals surface area contributed by atoms with E-state index in [1.165, 1.54) is 6.42 Å². The van der Waals surface area contributed by atoms with E-state index >= 15 is 0 Å². The van der Waals surface area contributed by atoms with Crippen LogP contribution in [0.1, 0.15) is 25.7 Å². The highest BCUT2D eigenvalue weighted by molar-refractivity contribution is 4.79. The Hall–Kier alpha value is -0.220. The van der Waals surface area contributed by atoms with E-state index in [1.807, 2.05) is 0 Å². The third kappa shape index (κ3) is 3.38. The molecule has 2 nitrogen and oxygen atoms in total. The number of hydrogen-bond donors (Lipinski definition) is 1. The summed E-state index contributed by atoms with van der Waals surface area (Å²) >= 11 is 0. The minimum absolute atomic E-state index is 0.0488. The molecule has 2 aliphatic heterocycles. The van der Waals surface area contributed by atoms with Crippen LogP contribution in [0.2, 0.25) is 0 Å². The van der Waals surface area contributed by atoms with Crippen LogP contribution in [-0.4, -0.2) is 43.5 Å². The maximum Gasteiger partial charge on any atom is 0.249 e. The first kappa shape index (κ1) is 11.3. The van der Waals surface area contributed by atoms with E-state index < -0.39 is 5.92 Å². The molecule has 0 spiro atoms. The Morgan fingerprint density at radius 2 is 2.13 bits per heavy atom. The van der Waals surface area contributed by atoms with E-state index in [2.05, 4.69) is 10.2 Å². The van der Waals surface area contributed by atoms with E-state index in [-0.39, 0.29) is 12.8 Å². The molecule has 2 heterocycles. The summed E-state index contributed by atoms with van der Waals surface area (Å²) in [7, 11) is 0. The van der Waals surface area contributed by atoms with E-state index in [0.717, 1.165) is 26.2 Å². The summed E-state index contributed by atoms with van der Waals surface area (Å²) < 4.78 is 26.2. The second-order valence-electron chi connectivity index (χ2n) is 4.87. The van der Waals surface area contributed by atoms with Gasteiger partial charge in [0.05, 0.1) is 0 Å². The molecule has 88 valence electrons. The third-order valence-electron chi connectivity index (χ3n) is 3.49. The molecule has 0 aromatic rings. The molecule has 2 rings (SSSR count). The van der Waals surface area contributed by atoms with E-state index in [1.54, 1.807) is 0 Å². The van der Waals surface area contributed by atoms with Gasteiger partial charge in [0.1, 0.15) is 0 Å². The molecule has 1 N–H and O–H groups in total. The number of halogens is 2. The molecule has 0 saturated carbocycles. The van der Waals surface area contributed by atoms with Crippen LogP contribution in [0.25, 0.3) is 0 Å². The van der Waals surface area contributed by atoms with Crippen LogP contribution in [0.5, 0.6) is 0 Å². The monoisotopic (exact) mass is 218 g/mol. The summed E-state index contributed by atoms with van der Waals surface area (Å²) in [5.41, 5.74) is 0. The first-order valence-electron chi connectivity index (χ1n) is 5.97. The van der Waals surface area contributed by atoms with Crippen LogP contribution in [-0.2, 0) is 0 Å². The van der Waals surface area contributed by atoms with Gasteiger partial charge in [-0.2, -0.15) is 0 Å². The molecule has 2 aliphatic rings. The largest absolute Gasteiger partial charge is 0.316 e. The average molecular weight is 218 g/mol. The molecule has 1 atom stereocenters. The molecule has 2 fully saturated rings. The van der Waals surface area contributed by atoms with Crippen LogP contribution >= 0.6 is 0 Å². The molecule has 0 aromatic carbocycles. The van der Waals surface area contributed by atoms with Gasteiger partial charge in [-0.3, -0.25) is 0 Å². The SMILES string of the molecule is FC1(F)CCCN(CC2CCNC2)CC1. The maximum atomic E-state index is 13.1. The Morgan fingerprint density at radius 1 is 1.27 bits per heavy atom. The van der Waals surface area contributed by atoms with Gasteiger partial charge in [-0.25, -0.2) is 8.78 Å². The summed E-state index contributed by atoms with van der Waals surface area (Å²) in [6.07, 6.45) is 1.97. The molecule has 0 amide bonds. The molecule has 0 aromatic heterocycles. The van der Waals surface area contributed by atoms with Gasteiger partial charge in [-0.15, -0.1) is 0 Å². The third-order valence-corrected chi connectivity index (χ3v) is 3.49. The predicted octanol–water partition coefficient (Wildman–Crippen LogP) is 1.72. The van der Waals surface area contributed by atoms with E-state index in [4.69, 9.17) is 0 Å². The number of rotatable bonds is 2. The van der Waals surface area contributed by atoms with Gasteiger partial charge >= 0.3 is 0 Å². The van der Waals surface area contributed by atoms with Crippen LogP contribution in [0.15, 0.2) is 0 Å². The second-order valence-corrected chi connectivity index (χ2v) is 4.87. The van der Waals surface area contributed by atoms with E-state index in [0.29, 0.717) is 18.9 Å². The molecule has 4 heteroatoms. The molecular weight excluding hydrogens is 198 g/mol.